The normalized spacial score (nSPS) is 40.4. The molecule has 0 spiro atoms. The largest absolute Gasteiger partial charge is 0.373 e. The predicted octanol–water partition coefficient (Wildman–Crippen LogP) is 3.05. The molecule has 6 nitrogen and oxygen atoms in total. The first-order valence-corrected chi connectivity index (χ1v) is 12.7. The number of nitrogens with zero attached hydrogens (tertiary/aromatic N) is 1. The topological polar surface area (TPSA) is 81.7 Å². The maximum Gasteiger partial charge on any atom is 0.240 e. The minimum Gasteiger partial charge on any atom is -0.373 e. The van der Waals surface area contributed by atoms with Crippen molar-refractivity contribution in [3.63, 3.8) is 0 Å². The summed E-state index contributed by atoms with van der Waals surface area (Å²) in [4.78, 5) is 25.6. The Kier molecular flexibility index (Phi) is 6.43. The standard InChI is InChI=1S/C21H36N3O3P/c1-15-12-19-16(2)23-21(28(4,26)27)13-17(21)10-8-6-5-7-9-11-18(22-3)20(25)24(19)14-15/h8,10,15,17-19,22-23H,2,5-7,9,11-14H2,1,3-4H3,(H,26,27)/b10-8-. The first kappa shape index (κ1) is 21.6. The Morgan fingerprint density at radius 1 is 1.39 bits per heavy atom. The highest BCUT2D eigenvalue weighted by Crippen LogP contribution is 2.68. The van der Waals surface area contributed by atoms with E-state index in [-0.39, 0.29) is 23.9 Å². The summed E-state index contributed by atoms with van der Waals surface area (Å²) in [6.45, 7) is 8.51. The Morgan fingerprint density at radius 2 is 2.14 bits per heavy atom. The molecule has 6 atom stereocenters. The molecule has 1 saturated carbocycles. The Balaban J connectivity index is 1.88. The maximum absolute atomic E-state index is 13.2. The van der Waals surface area contributed by atoms with Crippen molar-refractivity contribution in [1.29, 1.82) is 0 Å². The highest BCUT2D eigenvalue weighted by molar-refractivity contribution is 7.59. The molecule has 1 saturated heterocycles. The Labute approximate surface area is 169 Å². The third-order valence-corrected chi connectivity index (χ3v) is 8.78. The Bertz CT molecular complexity index is 688. The minimum absolute atomic E-state index is 0.0447. The van der Waals surface area contributed by atoms with Gasteiger partial charge in [-0.1, -0.05) is 38.5 Å². The van der Waals surface area contributed by atoms with Crippen LogP contribution in [0.25, 0.3) is 0 Å². The van der Waals surface area contributed by atoms with Gasteiger partial charge in [0.25, 0.3) is 0 Å². The molecule has 3 N–H and O–H groups in total. The van der Waals surface area contributed by atoms with Crippen LogP contribution in [-0.2, 0) is 9.36 Å². The first-order valence-electron chi connectivity index (χ1n) is 10.6. The Morgan fingerprint density at radius 3 is 2.82 bits per heavy atom. The molecule has 3 rings (SSSR count). The zero-order valence-electron chi connectivity index (χ0n) is 17.5. The molecule has 28 heavy (non-hydrogen) atoms. The molecule has 0 aromatic rings. The monoisotopic (exact) mass is 409 g/mol. The van der Waals surface area contributed by atoms with Gasteiger partial charge in [0.15, 0.2) is 0 Å². The molecule has 2 fully saturated rings. The molecule has 1 amide bonds. The van der Waals surface area contributed by atoms with Crippen molar-refractivity contribution in [3.05, 3.63) is 24.4 Å². The van der Waals surface area contributed by atoms with Crippen LogP contribution in [0.5, 0.6) is 0 Å². The van der Waals surface area contributed by atoms with E-state index in [2.05, 4.69) is 36.3 Å². The molecule has 0 radical (unpaired) electrons. The van der Waals surface area contributed by atoms with Crippen LogP contribution in [0.1, 0.15) is 51.9 Å². The van der Waals surface area contributed by atoms with Crippen molar-refractivity contribution < 1.29 is 14.3 Å². The number of likely N-dealkylation sites (N-methyl/N-ethyl adjacent to an activating group) is 1. The number of amides is 1. The molecule has 2 heterocycles. The number of carbonyl (C=O) groups is 1. The molecule has 3 aliphatic rings. The van der Waals surface area contributed by atoms with Gasteiger partial charge in [0.2, 0.25) is 13.3 Å². The number of fused-ring (bicyclic) bond motifs is 2. The number of hydrogen-bond donors (Lipinski definition) is 3. The van der Waals surface area contributed by atoms with Gasteiger partial charge in [-0.3, -0.25) is 9.36 Å². The quantitative estimate of drug-likeness (QED) is 0.482. The van der Waals surface area contributed by atoms with E-state index >= 15 is 0 Å². The van der Waals surface area contributed by atoms with Gasteiger partial charge in [-0.25, -0.2) is 0 Å². The van der Waals surface area contributed by atoms with Crippen LogP contribution in [0.3, 0.4) is 0 Å². The lowest BCUT2D eigenvalue weighted by Gasteiger charge is -2.33. The molecule has 0 bridgehead atoms. The number of carbonyl (C=O) groups excluding carboxylic acids is 1. The number of nitrogens with one attached hydrogen (secondary N) is 2. The third kappa shape index (κ3) is 4.24. The SMILES string of the molecule is C=C1NC2(P(C)(=O)O)CC2/C=C\CCCCCC(NC)C(=O)N2CC(C)CC12. The van der Waals surface area contributed by atoms with Gasteiger partial charge in [-0.15, -0.1) is 0 Å². The zero-order valence-corrected chi connectivity index (χ0v) is 18.4. The summed E-state index contributed by atoms with van der Waals surface area (Å²) in [5, 5.41) is 5.72. The number of rotatable bonds is 2. The van der Waals surface area contributed by atoms with Crippen LogP contribution in [0.4, 0.5) is 0 Å². The van der Waals surface area contributed by atoms with Crippen LogP contribution in [0, 0.1) is 11.8 Å². The van der Waals surface area contributed by atoms with E-state index in [1.165, 1.54) is 6.66 Å². The predicted molar refractivity (Wildman–Crippen MR) is 113 cm³/mol. The van der Waals surface area contributed by atoms with E-state index in [4.69, 9.17) is 0 Å². The van der Waals surface area contributed by atoms with Crippen molar-refractivity contribution in [1.82, 2.24) is 15.5 Å². The molecule has 6 unspecified atom stereocenters. The second-order valence-corrected chi connectivity index (χ2v) is 11.6. The van der Waals surface area contributed by atoms with Gasteiger partial charge in [-0.05, 0) is 45.1 Å². The highest BCUT2D eigenvalue weighted by atomic mass is 31.2. The lowest BCUT2D eigenvalue weighted by molar-refractivity contribution is -0.134. The lowest BCUT2D eigenvalue weighted by Crippen LogP contribution is -2.50. The fraction of sp³-hybridized carbons (Fsp3) is 0.762. The molecule has 2 aliphatic heterocycles. The molecule has 1 aliphatic carbocycles. The van der Waals surface area contributed by atoms with E-state index in [9.17, 15) is 14.3 Å². The molecule has 7 heteroatoms. The minimum atomic E-state index is -3.37. The van der Waals surface area contributed by atoms with Crippen molar-refractivity contribution in [2.45, 2.75) is 69.2 Å². The summed E-state index contributed by atoms with van der Waals surface area (Å²) in [5.41, 5.74) is 0.703. The zero-order chi connectivity index (χ0) is 20.5. The molecular formula is C21H36N3O3P. The van der Waals surface area contributed by atoms with E-state index in [0.29, 0.717) is 24.6 Å². The maximum atomic E-state index is 13.2. The molecular weight excluding hydrogens is 373 g/mol. The van der Waals surface area contributed by atoms with E-state index in [1.54, 1.807) is 0 Å². The van der Waals surface area contributed by atoms with Gasteiger partial charge in [0.1, 0.15) is 5.28 Å². The second-order valence-electron chi connectivity index (χ2n) is 9.02. The van der Waals surface area contributed by atoms with E-state index < -0.39 is 12.6 Å². The lowest BCUT2D eigenvalue weighted by atomic mass is 10.0. The van der Waals surface area contributed by atoms with E-state index in [0.717, 1.165) is 38.5 Å². The molecule has 0 aromatic heterocycles. The van der Waals surface area contributed by atoms with Gasteiger partial charge in [0, 0.05) is 24.8 Å². The second kappa shape index (κ2) is 8.33. The van der Waals surface area contributed by atoms with Crippen molar-refractivity contribution >= 4 is 13.3 Å². The summed E-state index contributed by atoms with van der Waals surface area (Å²) in [5.74, 6) is 0.554. The summed E-state index contributed by atoms with van der Waals surface area (Å²) in [7, 11) is -1.52. The van der Waals surface area contributed by atoms with Crippen molar-refractivity contribution in [2.24, 2.45) is 11.8 Å². The summed E-state index contributed by atoms with van der Waals surface area (Å²) >= 11 is 0. The fourth-order valence-corrected chi connectivity index (χ4v) is 6.44. The van der Waals surface area contributed by atoms with Crippen molar-refractivity contribution in [2.75, 3.05) is 20.3 Å². The van der Waals surface area contributed by atoms with Gasteiger partial charge >= 0.3 is 0 Å². The van der Waals surface area contributed by atoms with Crippen molar-refractivity contribution in [3.8, 4) is 0 Å². The summed E-state index contributed by atoms with van der Waals surface area (Å²) in [6.07, 6.45) is 10.7. The average molecular weight is 410 g/mol. The third-order valence-electron chi connectivity index (χ3n) is 6.68. The molecule has 158 valence electrons. The summed E-state index contributed by atoms with van der Waals surface area (Å²) < 4.78 is 12.7. The first-order chi connectivity index (χ1) is 13.2. The van der Waals surface area contributed by atoms with E-state index in [1.807, 2.05) is 11.9 Å². The molecule has 0 aromatic carbocycles. The van der Waals surface area contributed by atoms with Crippen LogP contribution in [0.2, 0.25) is 0 Å². The fourth-order valence-electron chi connectivity index (χ4n) is 4.85. The summed E-state index contributed by atoms with van der Waals surface area (Å²) in [6, 6.07) is -0.309. The van der Waals surface area contributed by atoms with Gasteiger partial charge in [0.05, 0.1) is 12.1 Å². The van der Waals surface area contributed by atoms with Crippen LogP contribution in [0.15, 0.2) is 24.4 Å². The van der Waals surface area contributed by atoms with Crippen LogP contribution in [-0.4, -0.2) is 53.3 Å². The highest BCUT2D eigenvalue weighted by Gasteiger charge is 2.63. The van der Waals surface area contributed by atoms with Crippen LogP contribution < -0.4 is 10.6 Å². The van der Waals surface area contributed by atoms with Gasteiger partial charge in [-0.2, -0.15) is 0 Å². The average Bonchev–Trinajstić information content (AvgIpc) is 3.18. The smallest absolute Gasteiger partial charge is 0.240 e. The number of hydrogen-bond acceptors (Lipinski definition) is 4. The Hall–Kier alpha value is -1.10. The van der Waals surface area contributed by atoms with Crippen LogP contribution >= 0.6 is 7.37 Å². The van der Waals surface area contributed by atoms with Gasteiger partial charge < -0.3 is 20.4 Å². The number of allylic oxidation sites excluding steroid dienone is 1.